The van der Waals surface area contributed by atoms with Crippen molar-refractivity contribution < 1.29 is 9.59 Å². The molecule has 2 amide bonds. The molecular weight excluding hydrogens is 240 g/mol. The maximum Gasteiger partial charge on any atom is 0.256 e. The molecule has 90 valence electrons. The summed E-state index contributed by atoms with van der Waals surface area (Å²) in [4.78, 5) is 25.1. The van der Waals surface area contributed by atoms with Crippen LogP contribution in [-0.4, -0.2) is 28.9 Å². The Labute approximate surface area is 105 Å². The predicted molar refractivity (Wildman–Crippen MR) is 64.7 cm³/mol. The fourth-order valence-corrected chi connectivity index (χ4v) is 2.08. The topological polar surface area (TPSA) is 49.4 Å². The van der Waals surface area contributed by atoms with Gasteiger partial charge in [0.05, 0.1) is 0 Å². The number of nitrogens with zero attached hydrogens (tertiary/aromatic N) is 1. The van der Waals surface area contributed by atoms with Gasteiger partial charge >= 0.3 is 0 Å². The third-order valence-electron chi connectivity index (χ3n) is 2.74. The molecule has 1 aliphatic heterocycles. The second-order valence-corrected chi connectivity index (χ2v) is 4.95. The first-order valence-corrected chi connectivity index (χ1v) is 5.66. The first kappa shape index (κ1) is 11.9. The van der Waals surface area contributed by atoms with Gasteiger partial charge < -0.3 is 10.2 Å². The number of rotatable bonds is 1. The van der Waals surface area contributed by atoms with Gasteiger partial charge in [-0.25, -0.2) is 0 Å². The van der Waals surface area contributed by atoms with E-state index in [1.807, 2.05) is 0 Å². The van der Waals surface area contributed by atoms with E-state index in [4.69, 9.17) is 11.6 Å². The van der Waals surface area contributed by atoms with E-state index in [1.54, 1.807) is 38.1 Å². The second kappa shape index (κ2) is 4.04. The fraction of sp³-hybridized carbons (Fsp3) is 0.333. The van der Waals surface area contributed by atoms with Crippen LogP contribution in [0.3, 0.4) is 0 Å². The number of hydrogen-bond acceptors (Lipinski definition) is 2. The molecule has 0 bridgehead atoms. The molecule has 0 spiro atoms. The van der Waals surface area contributed by atoms with Gasteiger partial charge in [0.15, 0.2) is 0 Å². The first-order valence-electron chi connectivity index (χ1n) is 5.29. The first-order chi connectivity index (χ1) is 7.90. The SMILES string of the molecule is CC1(C)NC(=O)CN1C(=O)c1cccc(Cl)c1. The van der Waals surface area contributed by atoms with Gasteiger partial charge in [0, 0.05) is 10.6 Å². The van der Waals surface area contributed by atoms with Crippen LogP contribution < -0.4 is 5.32 Å². The molecule has 1 aromatic rings. The standard InChI is InChI=1S/C12H13ClN2O2/c1-12(2)14-10(16)7-15(12)11(17)8-4-3-5-9(13)6-8/h3-6H,7H2,1-2H3,(H,14,16). The van der Waals surface area contributed by atoms with Crippen molar-refractivity contribution in [3.8, 4) is 0 Å². The van der Waals surface area contributed by atoms with Crippen molar-refractivity contribution in [1.82, 2.24) is 10.2 Å². The molecule has 0 aliphatic carbocycles. The molecule has 2 rings (SSSR count). The Morgan fingerprint density at radius 2 is 2.18 bits per heavy atom. The largest absolute Gasteiger partial charge is 0.332 e. The molecule has 0 radical (unpaired) electrons. The maximum absolute atomic E-state index is 12.2. The molecular formula is C12H13ClN2O2. The summed E-state index contributed by atoms with van der Waals surface area (Å²) in [5, 5.41) is 3.25. The third-order valence-corrected chi connectivity index (χ3v) is 2.97. The number of carbonyl (C=O) groups is 2. The Hall–Kier alpha value is -1.55. The average molecular weight is 253 g/mol. The molecule has 1 heterocycles. The Bertz CT molecular complexity index is 485. The van der Waals surface area contributed by atoms with E-state index in [1.165, 1.54) is 4.90 Å². The van der Waals surface area contributed by atoms with Gasteiger partial charge in [-0.2, -0.15) is 0 Å². The molecule has 4 nitrogen and oxygen atoms in total. The minimum atomic E-state index is -0.656. The van der Waals surface area contributed by atoms with E-state index < -0.39 is 5.66 Å². The highest BCUT2D eigenvalue weighted by molar-refractivity contribution is 6.31. The zero-order chi connectivity index (χ0) is 12.6. The van der Waals surface area contributed by atoms with E-state index >= 15 is 0 Å². The predicted octanol–water partition coefficient (Wildman–Crippen LogP) is 1.65. The molecule has 0 unspecified atom stereocenters. The summed E-state index contributed by atoms with van der Waals surface area (Å²) in [7, 11) is 0. The summed E-state index contributed by atoms with van der Waals surface area (Å²) in [6.07, 6.45) is 0. The number of halogens is 1. The van der Waals surface area contributed by atoms with Gasteiger partial charge in [-0.1, -0.05) is 17.7 Å². The maximum atomic E-state index is 12.2. The summed E-state index contributed by atoms with van der Waals surface area (Å²) >= 11 is 5.84. The molecule has 0 saturated carbocycles. The van der Waals surface area contributed by atoms with Crippen molar-refractivity contribution in [2.24, 2.45) is 0 Å². The van der Waals surface area contributed by atoms with Gasteiger partial charge in [-0.05, 0) is 32.0 Å². The third kappa shape index (κ3) is 2.26. The van der Waals surface area contributed by atoms with E-state index in [-0.39, 0.29) is 18.4 Å². The van der Waals surface area contributed by atoms with E-state index in [9.17, 15) is 9.59 Å². The number of benzene rings is 1. The summed E-state index contributed by atoms with van der Waals surface area (Å²) < 4.78 is 0. The number of hydrogen-bond donors (Lipinski definition) is 1. The zero-order valence-corrected chi connectivity index (χ0v) is 10.4. The van der Waals surface area contributed by atoms with Gasteiger partial charge in [0.1, 0.15) is 12.2 Å². The van der Waals surface area contributed by atoms with Crippen molar-refractivity contribution in [3.63, 3.8) is 0 Å². The van der Waals surface area contributed by atoms with Crippen LogP contribution in [0.15, 0.2) is 24.3 Å². The number of nitrogens with one attached hydrogen (secondary N) is 1. The van der Waals surface area contributed by atoms with E-state index in [0.29, 0.717) is 10.6 Å². The van der Waals surface area contributed by atoms with Crippen LogP contribution in [0.25, 0.3) is 0 Å². The normalized spacial score (nSPS) is 18.1. The highest BCUT2D eigenvalue weighted by atomic mass is 35.5. The van der Waals surface area contributed by atoms with Crippen LogP contribution >= 0.6 is 11.6 Å². The molecule has 17 heavy (non-hydrogen) atoms. The Morgan fingerprint density at radius 1 is 1.47 bits per heavy atom. The van der Waals surface area contributed by atoms with Crippen LogP contribution in [0.1, 0.15) is 24.2 Å². The molecule has 1 aromatic carbocycles. The van der Waals surface area contributed by atoms with Crippen molar-refractivity contribution in [3.05, 3.63) is 34.9 Å². The Morgan fingerprint density at radius 3 is 2.71 bits per heavy atom. The van der Waals surface area contributed by atoms with Crippen LogP contribution in [0.2, 0.25) is 5.02 Å². The molecule has 5 heteroatoms. The molecule has 1 fully saturated rings. The van der Waals surface area contributed by atoms with Crippen molar-refractivity contribution in [2.45, 2.75) is 19.5 Å². The lowest BCUT2D eigenvalue weighted by Gasteiger charge is -2.30. The molecule has 1 saturated heterocycles. The number of carbonyl (C=O) groups excluding carboxylic acids is 2. The summed E-state index contributed by atoms with van der Waals surface area (Å²) in [5.41, 5.74) is -0.168. The lowest BCUT2D eigenvalue weighted by Crippen LogP contribution is -2.49. The molecule has 0 atom stereocenters. The van der Waals surface area contributed by atoms with Gasteiger partial charge in [0.2, 0.25) is 5.91 Å². The zero-order valence-electron chi connectivity index (χ0n) is 9.66. The lowest BCUT2D eigenvalue weighted by molar-refractivity contribution is -0.118. The van der Waals surface area contributed by atoms with Crippen LogP contribution in [0, 0.1) is 0 Å². The van der Waals surface area contributed by atoms with Crippen LogP contribution in [-0.2, 0) is 4.79 Å². The van der Waals surface area contributed by atoms with E-state index in [2.05, 4.69) is 5.32 Å². The van der Waals surface area contributed by atoms with Gasteiger partial charge in [0.25, 0.3) is 5.91 Å². The summed E-state index contributed by atoms with van der Waals surface area (Å²) in [5.74, 6) is -0.346. The van der Waals surface area contributed by atoms with Crippen LogP contribution in [0.4, 0.5) is 0 Å². The molecule has 1 N–H and O–H groups in total. The highest BCUT2D eigenvalue weighted by Gasteiger charge is 2.39. The van der Waals surface area contributed by atoms with Gasteiger partial charge in [-0.3, -0.25) is 9.59 Å². The minimum absolute atomic E-state index is 0.0817. The Balaban J connectivity index is 2.29. The second-order valence-electron chi connectivity index (χ2n) is 4.51. The quantitative estimate of drug-likeness (QED) is 0.826. The average Bonchev–Trinajstić information content (AvgIpc) is 2.51. The van der Waals surface area contributed by atoms with Crippen molar-refractivity contribution in [2.75, 3.05) is 6.54 Å². The molecule has 1 aliphatic rings. The lowest BCUT2D eigenvalue weighted by atomic mass is 10.1. The number of amides is 2. The fourth-order valence-electron chi connectivity index (χ4n) is 1.89. The highest BCUT2D eigenvalue weighted by Crippen LogP contribution is 2.21. The van der Waals surface area contributed by atoms with Crippen molar-refractivity contribution in [1.29, 1.82) is 0 Å². The Kier molecular flexibility index (Phi) is 2.83. The van der Waals surface area contributed by atoms with Crippen LogP contribution in [0.5, 0.6) is 0 Å². The minimum Gasteiger partial charge on any atom is -0.332 e. The monoisotopic (exact) mass is 252 g/mol. The van der Waals surface area contributed by atoms with Gasteiger partial charge in [-0.15, -0.1) is 0 Å². The smallest absolute Gasteiger partial charge is 0.256 e. The van der Waals surface area contributed by atoms with E-state index in [0.717, 1.165) is 0 Å². The summed E-state index contributed by atoms with van der Waals surface area (Å²) in [6, 6.07) is 6.71. The summed E-state index contributed by atoms with van der Waals surface area (Å²) in [6.45, 7) is 3.67. The van der Waals surface area contributed by atoms with Crippen molar-refractivity contribution >= 4 is 23.4 Å². The molecule has 0 aromatic heterocycles.